The molecule has 3 rings (SSSR count). The second-order valence-electron chi connectivity index (χ2n) is 6.64. The summed E-state index contributed by atoms with van der Waals surface area (Å²) in [5.41, 5.74) is 3.00. The number of hydrogen-bond acceptors (Lipinski definition) is 11. The van der Waals surface area contributed by atoms with Gasteiger partial charge in [-0.25, -0.2) is 9.59 Å². The van der Waals surface area contributed by atoms with E-state index in [1.165, 1.54) is 0 Å². The molecule has 1 fully saturated rings. The number of hydrogen-bond donors (Lipinski definition) is 5. The number of β-lactam (4-membered cyclic amide) rings is 1. The molecule has 1 saturated heterocycles. The maximum atomic E-state index is 12.6. The molecule has 33 heavy (non-hydrogen) atoms. The highest BCUT2D eigenvalue weighted by Crippen LogP contribution is 2.40. The largest absolute Gasteiger partial charge is 0.502 e. The second kappa shape index (κ2) is 9.03. The van der Waals surface area contributed by atoms with Gasteiger partial charge in [0.2, 0.25) is 0 Å². The van der Waals surface area contributed by atoms with E-state index in [0.29, 0.717) is 0 Å². The van der Waals surface area contributed by atoms with Crippen molar-refractivity contribution in [2.75, 3.05) is 12.4 Å². The number of rotatable bonds is 7. The first kappa shape index (κ1) is 23.3. The van der Waals surface area contributed by atoms with E-state index in [2.05, 4.69) is 15.2 Å². The number of nitrogens with two attached hydrogens (primary N) is 1. The smallest absolute Gasteiger partial charge is 0.404 e. The quantitative estimate of drug-likeness (QED) is 0.107. The van der Waals surface area contributed by atoms with Crippen molar-refractivity contribution in [2.24, 2.45) is 10.9 Å². The summed E-state index contributed by atoms with van der Waals surface area (Å²) in [6, 6.07) is 1.64. The summed E-state index contributed by atoms with van der Waals surface area (Å²) < 4.78 is 4.61. The first-order valence-electron chi connectivity index (χ1n) is 8.89. The lowest BCUT2D eigenvalue weighted by atomic mass is 10.0. The van der Waals surface area contributed by atoms with Crippen LogP contribution in [0.5, 0.6) is 5.75 Å². The molecule has 6 N–H and O–H groups in total. The van der Waals surface area contributed by atoms with Gasteiger partial charge in [-0.2, -0.15) is 0 Å². The van der Waals surface area contributed by atoms with Crippen LogP contribution in [0.25, 0.3) is 0 Å². The van der Waals surface area contributed by atoms with Crippen molar-refractivity contribution in [1.29, 1.82) is 0 Å². The standard InChI is InChI=1S/C17H15N5O10S/c18-17(28)32-4-7-5-33-15-11(14(25)21(15)12(7)16(26)27)19-13(24)10(20-29)6-1-2-9(23)8(3-6)22(30)31/h1-3,11,15,23,29H,4-5H2,(H2,18,28)(H,19,24)(H,26,27)/b20-10+/t11?,15-/m1/s1. The van der Waals surface area contributed by atoms with Gasteiger partial charge in [0, 0.05) is 23.0 Å². The molecule has 0 aliphatic carbocycles. The van der Waals surface area contributed by atoms with E-state index in [-0.39, 0.29) is 16.9 Å². The Morgan fingerprint density at radius 2 is 2.09 bits per heavy atom. The van der Waals surface area contributed by atoms with Crippen LogP contribution in [-0.2, 0) is 19.1 Å². The van der Waals surface area contributed by atoms with Crippen LogP contribution in [0.1, 0.15) is 5.56 Å². The third-order valence-electron chi connectivity index (χ3n) is 4.69. The molecule has 1 unspecified atom stereocenters. The predicted octanol–water partition coefficient (Wildman–Crippen LogP) is -0.687. The molecule has 2 aliphatic rings. The number of carboxylic acid groups (broad SMARTS) is 1. The van der Waals surface area contributed by atoms with Gasteiger partial charge in [-0.15, -0.1) is 11.8 Å². The van der Waals surface area contributed by atoms with Crippen molar-refractivity contribution in [3.8, 4) is 5.75 Å². The molecule has 1 aromatic carbocycles. The molecule has 174 valence electrons. The molecule has 0 radical (unpaired) electrons. The number of primary amides is 1. The fourth-order valence-corrected chi connectivity index (χ4v) is 4.54. The van der Waals surface area contributed by atoms with Crippen molar-refractivity contribution in [3.63, 3.8) is 0 Å². The maximum Gasteiger partial charge on any atom is 0.404 e. The Labute approximate surface area is 187 Å². The zero-order chi connectivity index (χ0) is 24.4. The monoisotopic (exact) mass is 481 g/mol. The summed E-state index contributed by atoms with van der Waals surface area (Å²) in [7, 11) is 0. The Hall–Kier alpha value is -4.34. The van der Waals surface area contributed by atoms with E-state index in [9.17, 15) is 44.7 Å². The molecule has 0 spiro atoms. The number of carbonyl (C=O) groups is 4. The zero-order valence-corrected chi connectivity index (χ0v) is 17.1. The summed E-state index contributed by atoms with van der Waals surface area (Å²) in [4.78, 5) is 58.7. The van der Waals surface area contributed by atoms with Crippen molar-refractivity contribution in [1.82, 2.24) is 10.2 Å². The first-order valence-corrected chi connectivity index (χ1v) is 9.94. The van der Waals surface area contributed by atoms with E-state index in [1.807, 2.05) is 0 Å². The topological polar surface area (TPSA) is 235 Å². The highest BCUT2D eigenvalue weighted by atomic mass is 32.2. The predicted molar refractivity (Wildman–Crippen MR) is 108 cm³/mol. The molecule has 2 heterocycles. The number of nitro benzene ring substituents is 1. The molecule has 0 aromatic heterocycles. The minimum absolute atomic E-state index is 0.0564. The van der Waals surface area contributed by atoms with Crippen molar-refractivity contribution < 1.29 is 44.3 Å². The molecular weight excluding hydrogens is 466 g/mol. The third-order valence-corrected chi connectivity index (χ3v) is 6.03. The lowest BCUT2D eigenvalue weighted by Crippen LogP contribution is -2.71. The van der Waals surface area contributed by atoms with Gasteiger partial charge in [0.25, 0.3) is 11.8 Å². The second-order valence-corrected chi connectivity index (χ2v) is 7.74. The van der Waals surface area contributed by atoms with Crippen LogP contribution in [-0.4, -0.2) is 78.6 Å². The SMILES string of the molecule is NC(=O)OCC1=C(C(=O)O)N2C(=O)C(NC(=O)/C(=N/O)c3ccc(O)c([N+](=O)[O-])c3)[C@H]2SC1. The first-order chi connectivity index (χ1) is 15.6. The van der Waals surface area contributed by atoms with Gasteiger partial charge in [0.15, 0.2) is 11.5 Å². The average molecular weight is 481 g/mol. The lowest BCUT2D eigenvalue weighted by molar-refractivity contribution is -0.385. The summed E-state index contributed by atoms with van der Waals surface area (Å²) in [5, 5.41) is 43.6. The molecule has 15 nitrogen and oxygen atoms in total. The van der Waals surface area contributed by atoms with Gasteiger partial charge < -0.3 is 31.2 Å². The average Bonchev–Trinajstić information content (AvgIpc) is 2.76. The molecule has 0 bridgehead atoms. The number of fused-ring (bicyclic) bond motifs is 1. The fraction of sp³-hybridized carbons (Fsp3) is 0.235. The van der Waals surface area contributed by atoms with Crippen molar-refractivity contribution >= 4 is 47.0 Å². The maximum absolute atomic E-state index is 12.6. The summed E-state index contributed by atoms with van der Waals surface area (Å²) in [6.45, 7) is -0.432. The van der Waals surface area contributed by atoms with Gasteiger partial charge in [0.1, 0.15) is 23.7 Å². The fourth-order valence-electron chi connectivity index (χ4n) is 3.21. The van der Waals surface area contributed by atoms with Crippen LogP contribution in [0.15, 0.2) is 34.6 Å². The Morgan fingerprint density at radius 3 is 2.67 bits per heavy atom. The van der Waals surface area contributed by atoms with E-state index in [4.69, 9.17) is 5.73 Å². The van der Waals surface area contributed by atoms with Crippen LogP contribution in [0.3, 0.4) is 0 Å². The Balaban J connectivity index is 1.79. The molecule has 2 aliphatic heterocycles. The highest BCUT2D eigenvalue weighted by molar-refractivity contribution is 8.00. The molecule has 0 saturated carbocycles. The number of carbonyl (C=O) groups excluding carboxylic acids is 3. The summed E-state index contributed by atoms with van der Waals surface area (Å²) >= 11 is 1.08. The van der Waals surface area contributed by atoms with E-state index >= 15 is 0 Å². The number of carboxylic acids is 1. The van der Waals surface area contributed by atoms with E-state index in [1.54, 1.807) is 0 Å². The Morgan fingerprint density at radius 1 is 1.39 bits per heavy atom. The van der Waals surface area contributed by atoms with Crippen LogP contribution >= 0.6 is 11.8 Å². The van der Waals surface area contributed by atoms with E-state index < -0.39 is 69.7 Å². The van der Waals surface area contributed by atoms with Crippen molar-refractivity contribution in [2.45, 2.75) is 11.4 Å². The van der Waals surface area contributed by atoms with Gasteiger partial charge in [-0.3, -0.25) is 24.6 Å². The summed E-state index contributed by atoms with van der Waals surface area (Å²) in [5.74, 6) is -3.92. The number of aromatic hydroxyl groups is 1. The van der Waals surface area contributed by atoms with Crippen LogP contribution < -0.4 is 11.1 Å². The Kier molecular flexibility index (Phi) is 6.38. The molecule has 16 heteroatoms. The van der Waals surface area contributed by atoms with E-state index in [0.717, 1.165) is 34.9 Å². The number of thioether (sulfide) groups is 1. The number of amides is 3. The zero-order valence-electron chi connectivity index (χ0n) is 16.3. The van der Waals surface area contributed by atoms with Crippen LogP contribution in [0.4, 0.5) is 10.5 Å². The number of phenols is 1. The normalized spacial score (nSPS) is 19.9. The molecule has 1 aromatic rings. The number of ether oxygens (including phenoxy) is 1. The van der Waals surface area contributed by atoms with Gasteiger partial charge in [-0.05, 0) is 12.1 Å². The lowest BCUT2D eigenvalue weighted by Gasteiger charge is -2.49. The number of phenolic OH excluding ortho intramolecular Hbond substituents is 1. The number of aliphatic carboxylic acids is 1. The van der Waals surface area contributed by atoms with Crippen LogP contribution in [0, 0.1) is 10.1 Å². The number of nitro groups is 1. The summed E-state index contributed by atoms with van der Waals surface area (Å²) in [6.07, 6.45) is -1.12. The molecule has 3 amide bonds. The Bertz CT molecular complexity index is 1130. The number of oxime groups is 1. The minimum Gasteiger partial charge on any atom is -0.502 e. The van der Waals surface area contributed by atoms with Crippen molar-refractivity contribution in [3.05, 3.63) is 45.1 Å². The third kappa shape index (κ3) is 4.36. The van der Waals surface area contributed by atoms with Gasteiger partial charge in [0.05, 0.1) is 4.92 Å². The minimum atomic E-state index is -1.45. The molecule has 2 atom stereocenters. The van der Waals surface area contributed by atoms with Gasteiger partial charge >= 0.3 is 17.7 Å². The number of nitrogens with zero attached hydrogens (tertiary/aromatic N) is 3. The number of nitrogens with one attached hydrogen (secondary N) is 1. The van der Waals surface area contributed by atoms with Crippen LogP contribution in [0.2, 0.25) is 0 Å². The number of benzene rings is 1. The molecular formula is C17H15N5O10S. The van der Waals surface area contributed by atoms with Gasteiger partial charge in [-0.1, -0.05) is 5.16 Å². The highest BCUT2D eigenvalue weighted by Gasteiger charge is 2.54.